The van der Waals surface area contributed by atoms with Crippen LogP contribution >= 0.6 is 0 Å². The fraction of sp³-hybridized carbons (Fsp3) is 1.00. The topological polar surface area (TPSA) is 33.7 Å². The molecule has 0 aromatic heterocycles. The molecule has 1 aliphatic rings. The second-order valence-electron chi connectivity index (χ2n) is 4.26. The van der Waals surface area contributed by atoms with Crippen LogP contribution in [0.1, 0.15) is 19.3 Å². The van der Waals surface area contributed by atoms with Crippen LogP contribution < -0.4 is 5.32 Å². The Morgan fingerprint density at radius 3 is 2.50 bits per heavy atom. The molecule has 0 aliphatic carbocycles. The molecule has 1 fully saturated rings. The van der Waals surface area contributed by atoms with E-state index < -0.39 is 0 Å². The van der Waals surface area contributed by atoms with Gasteiger partial charge in [0.15, 0.2) is 0 Å². The lowest BCUT2D eigenvalue weighted by Gasteiger charge is -2.24. The van der Waals surface area contributed by atoms with Crippen LogP contribution in [0.25, 0.3) is 0 Å². The van der Waals surface area contributed by atoms with Gasteiger partial charge in [0, 0.05) is 20.3 Å². The van der Waals surface area contributed by atoms with Crippen molar-refractivity contribution in [3.8, 4) is 0 Å². The van der Waals surface area contributed by atoms with Crippen molar-refractivity contribution in [1.82, 2.24) is 10.2 Å². The molecule has 4 nitrogen and oxygen atoms in total. The van der Waals surface area contributed by atoms with Gasteiger partial charge in [-0.2, -0.15) is 0 Å². The van der Waals surface area contributed by atoms with Crippen LogP contribution in [-0.2, 0) is 9.47 Å². The first-order chi connectivity index (χ1) is 7.93. The van der Waals surface area contributed by atoms with E-state index in [2.05, 4.69) is 10.2 Å². The number of rotatable bonds is 7. The zero-order chi connectivity index (χ0) is 11.5. The Labute approximate surface area is 99.3 Å². The maximum Gasteiger partial charge on any atom is 0.0700 e. The molecule has 0 spiro atoms. The maximum absolute atomic E-state index is 5.46. The van der Waals surface area contributed by atoms with Gasteiger partial charge in [0.25, 0.3) is 0 Å². The van der Waals surface area contributed by atoms with Crippen molar-refractivity contribution in [2.75, 3.05) is 59.7 Å². The largest absolute Gasteiger partial charge is 0.382 e. The predicted molar refractivity (Wildman–Crippen MR) is 65.9 cm³/mol. The van der Waals surface area contributed by atoms with Gasteiger partial charge in [0.1, 0.15) is 0 Å². The molecule has 0 aromatic rings. The lowest BCUT2D eigenvalue weighted by molar-refractivity contribution is 0.0649. The summed E-state index contributed by atoms with van der Waals surface area (Å²) < 4.78 is 10.4. The minimum Gasteiger partial charge on any atom is -0.382 e. The summed E-state index contributed by atoms with van der Waals surface area (Å²) in [6, 6.07) is 0. The highest BCUT2D eigenvalue weighted by atomic mass is 16.5. The molecule has 1 aliphatic heterocycles. The Kier molecular flexibility index (Phi) is 8.71. The van der Waals surface area contributed by atoms with Crippen LogP contribution in [0.5, 0.6) is 0 Å². The summed E-state index contributed by atoms with van der Waals surface area (Å²) in [6.07, 6.45) is 3.67. The molecule has 96 valence electrons. The highest BCUT2D eigenvalue weighted by Crippen LogP contribution is 1.99. The highest BCUT2D eigenvalue weighted by molar-refractivity contribution is 4.64. The van der Waals surface area contributed by atoms with Gasteiger partial charge in [-0.1, -0.05) is 0 Å². The Balaban J connectivity index is 1.93. The van der Waals surface area contributed by atoms with Crippen LogP contribution in [0.15, 0.2) is 0 Å². The van der Waals surface area contributed by atoms with E-state index in [4.69, 9.17) is 9.47 Å². The molecular formula is C12H26N2O2. The van der Waals surface area contributed by atoms with Gasteiger partial charge in [0.2, 0.25) is 0 Å². The molecule has 16 heavy (non-hydrogen) atoms. The Bertz CT molecular complexity index is 148. The maximum atomic E-state index is 5.46. The van der Waals surface area contributed by atoms with Crippen molar-refractivity contribution in [2.45, 2.75) is 19.3 Å². The molecule has 4 heteroatoms. The summed E-state index contributed by atoms with van der Waals surface area (Å²) in [7, 11) is 1.71. The first kappa shape index (κ1) is 13.9. The average Bonchev–Trinajstić information content (AvgIpc) is 2.25. The zero-order valence-corrected chi connectivity index (χ0v) is 10.5. The molecule has 0 atom stereocenters. The van der Waals surface area contributed by atoms with E-state index >= 15 is 0 Å². The van der Waals surface area contributed by atoms with Gasteiger partial charge in [-0.3, -0.25) is 0 Å². The Hall–Kier alpha value is -0.160. The first-order valence-corrected chi connectivity index (χ1v) is 6.43. The van der Waals surface area contributed by atoms with Gasteiger partial charge >= 0.3 is 0 Å². The molecule has 0 unspecified atom stereocenters. The summed E-state index contributed by atoms with van der Waals surface area (Å²) in [5.74, 6) is 0. The number of hydrogen-bond acceptors (Lipinski definition) is 4. The number of methoxy groups -OCH3 is 1. The molecule has 1 heterocycles. The SMILES string of the molecule is COCCOCCCN1CCCNCCC1. The van der Waals surface area contributed by atoms with E-state index in [0.717, 1.165) is 19.6 Å². The lowest BCUT2D eigenvalue weighted by atomic mass is 10.2. The van der Waals surface area contributed by atoms with Gasteiger partial charge in [0.05, 0.1) is 13.2 Å². The van der Waals surface area contributed by atoms with E-state index in [1.54, 1.807) is 7.11 Å². The molecule has 0 radical (unpaired) electrons. The minimum absolute atomic E-state index is 0.704. The van der Waals surface area contributed by atoms with E-state index in [0.29, 0.717) is 6.61 Å². The molecule has 1 rings (SSSR count). The summed E-state index contributed by atoms with van der Waals surface area (Å²) in [5, 5.41) is 3.43. The zero-order valence-electron chi connectivity index (χ0n) is 10.5. The van der Waals surface area contributed by atoms with E-state index in [9.17, 15) is 0 Å². The quantitative estimate of drug-likeness (QED) is 0.654. The van der Waals surface area contributed by atoms with Gasteiger partial charge < -0.3 is 19.7 Å². The first-order valence-electron chi connectivity index (χ1n) is 6.43. The number of ether oxygens (including phenoxy) is 2. The van der Waals surface area contributed by atoms with Crippen molar-refractivity contribution < 1.29 is 9.47 Å². The van der Waals surface area contributed by atoms with Crippen LogP contribution in [0.3, 0.4) is 0 Å². The monoisotopic (exact) mass is 230 g/mol. The summed E-state index contributed by atoms with van der Waals surface area (Å²) >= 11 is 0. The van der Waals surface area contributed by atoms with Crippen LogP contribution in [0.2, 0.25) is 0 Å². The summed E-state index contributed by atoms with van der Waals surface area (Å²) in [6.45, 7) is 8.25. The Morgan fingerprint density at radius 2 is 1.81 bits per heavy atom. The fourth-order valence-electron chi connectivity index (χ4n) is 1.95. The summed E-state index contributed by atoms with van der Waals surface area (Å²) in [4.78, 5) is 2.56. The smallest absolute Gasteiger partial charge is 0.0700 e. The minimum atomic E-state index is 0.704. The van der Waals surface area contributed by atoms with Crippen molar-refractivity contribution in [3.63, 3.8) is 0 Å². The molecule has 1 saturated heterocycles. The van der Waals surface area contributed by atoms with E-state index in [-0.39, 0.29) is 0 Å². The molecule has 0 saturated carbocycles. The van der Waals surface area contributed by atoms with Gasteiger partial charge in [-0.05, 0) is 45.4 Å². The third-order valence-electron chi connectivity index (χ3n) is 2.85. The second kappa shape index (κ2) is 10.0. The van der Waals surface area contributed by atoms with Crippen molar-refractivity contribution in [2.24, 2.45) is 0 Å². The molecular weight excluding hydrogens is 204 g/mol. The normalized spacial score (nSPS) is 19.3. The molecule has 1 N–H and O–H groups in total. The standard InChI is InChI=1S/C12H26N2O2/c1-15-11-12-16-10-4-9-14-7-2-5-13-6-3-8-14/h13H,2-12H2,1H3. The van der Waals surface area contributed by atoms with Crippen molar-refractivity contribution >= 4 is 0 Å². The molecule has 0 amide bonds. The highest BCUT2D eigenvalue weighted by Gasteiger charge is 2.06. The Morgan fingerprint density at radius 1 is 1.06 bits per heavy atom. The van der Waals surface area contributed by atoms with Gasteiger partial charge in [-0.15, -0.1) is 0 Å². The van der Waals surface area contributed by atoms with Crippen LogP contribution in [0, 0.1) is 0 Å². The second-order valence-corrected chi connectivity index (χ2v) is 4.26. The molecule has 0 aromatic carbocycles. The average molecular weight is 230 g/mol. The van der Waals surface area contributed by atoms with Crippen LogP contribution in [-0.4, -0.2) is 64.6 Å². The van der Waals surface area contributed by atoms with Crippen molar-refractivity contribution in [1.29, 1.82) is 0 Å². The fourth-order valence-corrected chi connectivity index (χ4v) is 1.95. The van der Waals surface area contributed by atoms with Crippen molar-refractivity contribution in [3.05, 3.63) is 0 Å². The third-order valence-corrected chi connectivity index (χ3v) is 2.85. The van der Waals surface area contributed by atoms with E-state index in [1.807, 2.05) is 0 Å². The van der Waals surface area contributed by atoms with E-state index in [1.165, 1.54) is 45.6 Å². The number of nitrogens with one attached hydrogen (secondary N) is 1. The number of nitrogens with zero attached hydrogens (tertiary/aromatic N) is 1. The lowest BCUT2D eigenvalue weighted by Crippen LogP contribution is -2.34. The molecule has 0 bridgehead atoms. The predicted octanol–water partition coefficient (Wildman–Crippen LogP) is 0.725. The van der Waals surface area contributed by atoms with Crippen LogP contribution in [0.4, 0.5) is 0 Å². The third kappa shape index (κ3) is 7.17. The summed E-state index contributed by atoms with van der Waals surface area (Å²) in [5.41, 5.74) is 0. The van der Waals surface area contributed by atoms with Gasteiger partial charge in [-0.25, -0.2) is 0 Å². The number of hydrogen-bond donors (Lipinski definition) is 1.